The van der Waals surface area contributed by atoms with Gasteiger partial charge in [-0.2, -0.15) is 5.26 Å². The van der Waals surface area contributed by atoms with Crippen molar-refractivity contribution in [2.45, 2.75) is 26.2 Å². The van der Waals surface area contributed by atoms with Gasteiger partial charge in [-0.15, -0.1) is 0 Å². The summed E-state index contributed by atoms with van der Waals surface area (Å²) in [5.74, 6) is -0.398. The molecule has 0 rings (SSSR count). The smallest absolute Gasteiger partial charge is 0.219 e. The van der Waals surface area contributed by atoms with E-state index in [-0.39, 0.29) is 6.54 Å². The van der Waals surface area contributed by atoms with Crippen LogP contribution in [0.15, 0.2) is 0 Å². The molecule has 0 fully saturated rings. The molecule has 11 heavy (non-hydrogen) atoms. The van der Waals surface area contributed by atoms with E-state index in [0.29, 0.717) is 6.42 Å². The molecule has 1 atom stereocenters. The van der Waals surface area contributed by atoms with Gasteiger partial charge in [-0.3, -0.25) is 10.1 Å². The van der Waals surface area contributed by atoms with Crippen molar-refractivity contribution in [2.75, 3.05) is 6.54 Å². The molecule has 0 aromatic carbocycles. The third-order valence-electron chi connectivity index (χ3n) is 1.46. The molecule has 0 spiro atoms. The number of nitrogens with zero attached hydrogens (tertiary/aromatic N) is 2. The van der Waals surface area contributed by atoms with Gasteiger partial charge in [0.25, 0.3) is 0 Å². The SMILES string of the molecule is CCCC[C@H](C#N)C[N+](=O)[O-]. The Kier molecular flexibility index (Phi) is 5.09. The number of hydrogen-bond acceptors (Lipinski definition) is 3. The van der Waals surface area contributed by atoms with E-state index in [9.17, 15) is 10.1 Å². The minimum atomic E-state index is -0.427. The zero-order valence-electron chi connectivity index (χ0n) is 6.62. The molecule has 0 aromatic heterocycles. The Morgan fingerprint density at radius 3 is 2.73 bits per heavy atom. The van der Waals surface area contributed by atoms with E-state index in [1.54, 1.807) is 0 Å². The van der Waals surface area contributed by atoms with Crippen molar-refractivity contribution in [3.8, 4) is 6.07 Å². The first-order chi connectivity index (χ1) is 5.20. The van der Waals surface area contributed by atoms with Crippen molar-refractivity contribution in [3.05, 3.63) is 10.1 Å². The second kappa shape index (κ2) is 5.66. The van der Waals surface area contributed by atoms with Crippen LogP contribution in [0, 0.1) is 27.4 Å². The summed E-state index contributed by atoms with van der Waals surface area (Å²) in [7, 11) is 0. The third-order valence-corrected chi connectivity index (χ3v) is 1.46. The maximum atomic E-state index is 9.99. The van der Waals surface area contributed by atoms with Crippen molar-refractivity contribution in [2.24, 2.45) is 5.92 Å². The Morgan fingerprint density at radius 1 is 1.73 bits per heavy atom. The lowest BCUT2D eigenvalue weighted by atomic mass is 10.0. The summed E-state index contributed by atoms with van der Waals surface area (Å²) < 4.78 is 0. The van der Waals surface area contributed by atoms with E-state index >= 15 is 0 Å². The van der Waals surface area contributed by atoms with E-state index in [1.807, 2.05) is 13.0 Å². The molecule has 0 aromatic rings. The highest BCUT2D eigenvalue weighted by Crippen LogP contribution is 2.06. The first kappa shape index (κ1) is 9.89. The van der Waals surface area contributed by atoms with Gasteiger partial charge in [-0.05, 0) is 6.42 Å². The molecule has 4 nitrogen and oxygen atoms in total. The molecule has 62 valence electrons. The van der Waals surface area contributed by atoms with Crippen LogP contribution in [0.25, 0.3) is 0 Å². The van der Waals surface area contributed by atoms with E-state index in [0.717, 1.165) is 12.8 Å². The van der Waals surface area contributed by atoms with Crippen molar-refractivity contribution in [1.29, 1.82) is 5.26 Å². The zero-order chi connectivity index (χ0) is 8.69. The second-order valence-corrected chi connectivity index (χ2v) is 2.48. The molecule has 0 aliphatic heterocycles. The topological polar surface area (TPSA) is 66.9 Å². The van der Waals surface area contributed by atoms with Gasteiger partial charge in [0.15, 0.2) is 0 Å². The predicted molar refractivity (Wildman–Crippen MR) is 40.5 cm³/mol. The minimum Gasteiger partial charge on any atom is -0.264 e. The van der Waals surface area contributed by atoms with Gasteiger partial charge < -0.3 is 0 Å². The fourth-order valence-electron chi connectivity index (χ4n) is 0.827. The molecule has 0 saturated carbocycles. The Bertz CT molecular complexity index is 162. The normalized spacial score (nSPS) is 12.0. The number of unbranched alkanes of at least 4 members (excludes halogenated alkanes) is 1. The molecule has 0 N–H and O–H groups in total. The zero-order valence-corrected chi connectivity index (χ0v) is 6.62. The number of nitro groups is 1. The van der Waals surface area contributed by atoms with Crippen molar-refractivity contribution in [3.63, 3.8) is 0 Å². The van der Waals surface area contributed by atoms with Crippen molar-refractivity contribution in [1.82, 2.24) is 0 Å². The van der Waals surface area contributed by atoms with Crippen LogP contribution < -0.4 is 0 Å². The Labute approximate surface area is 66.0 Å². The standard InChI is InChI=1S/C7H12N2O2/c1-2-3-4-7(5-8)6-9(10)11/h7H,2-4,6H2,1H3/t7-/m1/s1. The first-order valence-corrected chi connectivity index (χ1v) is 3.72. The van der Waals surface area contributed by atoms with Crippen molar-refractivity contribution >= 4 is 0 Å². The Hall–Kier alpha value is -1.11. The monoisotopic (exact) mass is 156 g/mol. The van der Waals surface area contributed by atoms with Gasteiger partial charge in [0.05, 0.1) is 6.07 Å². The maximum Gasteiger partial charge on any atom is 0.219 e. The fraction of sp³-hybridized carbons (Fsp3) is 0.857. The highest BCUT2D eigenvalue weighted by atomic mass is 16.6. The summed E-state index contributed by atoms with van der Waals surface area (Å²) in [6.45, 7) is 1.79. The summed E-state index contributed by atoms with van der Waals surface area (Å²) in [5, 5.41) is 18.4. The predicted octanol–water partition coefficient (Wildman–Crippen LogP) is 1.59. The van der Waals surface area contributed by atoms with Crippen LogP contribution >= 0.6 is 0 Å². The number of hydrogen-bond donors (Lipinski definition) is 0. The third kappa shape index (κ3) is 5.34. The lowest BCUT2D eigenvalue weighted by molar-refractivity contribution is -0.485. The number of rotatable bonds is 5. The Morgan fingerprint density at radius 2 is 2.36 bits per heavy atom. The lowest BCUT2D eigenvalue weighted by Gasteiger charge is -2.00. The molecule has 0 amide bonds. The summed E-state index contributed by atoms with van der Waals surface area (Å²) in [5.41, 5.74) is 0. The van der Waals surface area contributed by atoms with Gasteiger partial charge in [-0.25, -0.2) is 0 Å². The highest BCUT2D eigenvalue weighted by Gasteiger charge is 2.12. The molecule has 0 aliphatic rings. The first-order valence-electron chi connectivity index (χ1n) is 3.72. The summed E-state index contributed by atoms with van der Waals surface area (Å²) in [4.78, 5) is 9.56. The molecule has 4 heteroatoms. The van der Waals surface area contributed by atoms with Gasteiger partial charge in [0, 0.05) is 4.92 Å². The number of nitriles is 1. The second-order valence-electron chi connectivity index (χ2n) is 2.48. The van der Waals surface area contributed by atoms with Crippen LogP contribution in [0.3, 0.4) is 0 Å². The Balaban J connectivity index is 3.60. The quantitative estimate of drug-likeness (QED) is 0.448. The van der Waals surface area contributed by atoms with Crippen molar-refractivity contribution < 1.29 is 4.92 Å². The van der Waals surface area contributed by atoms with E-state index in [1.165, 1.54) is 0 Å². The molecule has 0 heterocycles. The molecule has 0 saturated heterocycles. The largest absolute Gasteiger partial charge is 0.264 e. The van der Waals surface area contributed by atoms with E-state index < -0.39 is 10.8 Å². The maximum absolute atomic E-state index is 9.99. The molecule has 0 radical (unpaired) electrons. The average molecular weight is 156 g/mol. The van der Waals surface area contributed by atoms with E-state index in [4.69, 9.17) is 5.26 Å². The fourth-order valence-corrected chi connectivity index (χ4v) is 0.827. The summed E-state index contributed by atoms with van der Waals surface area (Å²) in [6.07, 6.45) is 2.52. The van der Waals surface area contributed by atoms with E-state index in [2.05, 4.69) is 0 Å². The van der Waals surface area contributed by atoms with Crippen LogP contribution in [0.1, 0.15) is 26.2 Å². The average Bonchev–Trinajstić information content (AvgIpc) is 1.97. The van der Waals surface area contributed by atoms with Crippen LogP contribution in [0.5, 0.6) is 0 Å². The highest BCUT2D eigenvalue weighted by molar-refractivity contribution is 4.81. The van der Waals surface area contributed by atoms with Crippen LogP contribution in [0.4, 0.5) is 0 Å². The minimum absolute atomic E-state index is 0.212. The van der Waals surface area contributed by atoms with Gasteiger partial charge in [-0.1, -0.05) is 19.8 Å². The van der Waals surface area contributed by atoms with Crippen LogP contribution in [0.2, 0.25) is 0 Å². The molecule has 0 unspecified atom stereocenters. The lowest BCUT2D eigenvalue weighted by Crippen LogP contribution is -2.12. The summed E-state index contributed by atoms with van der Waals surface area (Å²) in [6, 6.07) is 1.93. The van der Waals surface area contributed by atoms with Crippen LogP contribution in [-0.4, -0.2) is 11.5 Å². The summed E-state index contributed by atoms with van der Waals surface area (Å²) >= 11 is 0. The van der Waals surface area contributed by atoms with Crippen LogP contribution in [-0.2, 0) is 0 Å². The molecule has 0 aliphatic carbocycles. The van der Waals surface area contributed by atoms with Gasteiger partial charge in [0.1, 0.15) is 5.92 Å². The van der Waals surface area contributed by atoms with Gasteiger partial charge >= 0.3 is 0 Å². The van der Waals surface area contributed by atoms with Gasteiger partial charge in [0.2, 0.25) is 6.54 Å². The molecular weight excluding hydrogens is 144 g/mol. The molecule has 0 bridgehead atoms. The molecular formula is C7H12N2O2.